The summed E-state index contributed by atoms with van der Waals surface area (Å²) in [5.41, 5.74) is 0.562. The molecular formula is C11H11BrO4. The van der Waals surface area contributed by atoms with E-state index >= 15 is 0 Å². The first kappa shape index (κ1) is 12.7. The van der Waals surface area contributed by atoms with E-state index in [0.717, 1.165) is 0 Å². The number of benzene rings is 1. The van der Waals surface area contributed by atoms with Crippen molar-refractivity contribution < 1.29 is 19.4 Å². The summed E-state index contributed by atoms with van der Waals surface area (Å²) in [6.07, 6.45) is -0.905. The molecule has 1 aromatic carbocycles. The van der Waals surface area contributed by atoms with Gasteiger partial charge in [-0.2, -0.15) is 0 Å². The monoisotopic (exact) mass is 286 g/mol. The molecule has 0 heterocycles. The molecule has 0 saturated heterocycles. The SMILES string of the molecule is CC(Oc1ccc(C(=O)CBr)cc1)C(=O)O. The molecule has 86 valence electrons. The average molecular weight is 287 g/mol. The van der Waals surface area contributed by atoms with Gasteiger partial charge in [-0.1, -0.05) is 15.9 Å². The summed E-state index contributed by atoms with van der Waals surface area (Å²) in [4.78, 5) is 21.8. The summed E-state index contributed by atoms with van der Waals surface area (Å²) in [5.74, 6) is -0.625. The molecule has 1 rings (SSSR count). The minimum absolute atomic E-state index is 0.0298. The van der Waals surface area contributed by atoms with Crippen LogP contribution in [0.15, 0.2) is 24.3 Å². The van der Waals surface area contributed by atoms with Crippen molar-refractivity contribution in [3.63, 3.8) is 0 Å². The Morgan fingerprint density at radius 1 is 1.38 bits per heavy atom. The maximum atomic E-state index is 11.3. The number of ketones is 1. The normalized spacial score (nSPS) is 11.9. The number of carbonyl (C=O) groups is 2. The van der Waals surface area contributed by atoms with E-state index in [1.807, 2.05) is 0 Å². The van der Waals surface area contributed by atoms with E-state index in [9.17, 15) is 9.59 Å². The maximum Gasteiger partial charge on any atom is 0.344 e. The van der Waals surface area contributed by atoms with Gasteiger partial charge in [0.2, 0.25) is 0 Å². The Morgan fingerprint density at radius 3 is 2.38 bits per heavy atom. The molecule has 0 aliphatic heterocycles. The molecule has 4 nitrogen and oxygen atoms in total. The van der Waals surface area contributed by atoms with Gasteiger partial charge in [0, 0.05) is 5.56 Å². The Balaban J connectivity index is 2.72. The average Bonchev–Trinajstić information content (AvgIpc) is 2.28. The highest BCUT2D eigenvalue weighted by atomic mass is 79.9. The first-order chi connectivity index (χ1) is 7.54. The lowest BCUT2D eigenvalue weighted by atomic mass is 10.1. The molecule has 1 N–H and O–H groups in total. The van der Waals surface area contributed by atoms with Gasteiger partial charge in [0.05, 0.1) is 5.33 Å². The van der Waals surface area contributed by atoms with Crippen LogP contribution >= 0.6 is 15.9 Å². The van der Waals surface area contributed by atoms with Crippen molar-refractivity contribution in [1.29, 1.82) is 0 Å². The van der Waals surface area contributed by atoms with E-state index in [0.29, 0.717) is 11.3 Å². The standard InChI is InChI=1S/C11H11BrO4/c1-7(11(14)15)16-9-4-2-8(3-5-9)10(13)6-12/h2-5,7H,6H2,1H3,(H,14,15). The van der Waals surface area contributed by atoms with Crippen molar-refractivity contribution in [2.24, 2.45) is 0 Å². The maximum absolute atomic E-state index is 11.3. The fraction of sp³-hybridized carbons (Fsp3) is 0.273. The van der Waals surface area contributed by atoms with Gasteiger partial charge in [0.25, 0.3) is 0 Å². The summed E-state index contributed by atoms with van der Waals surface area (Å²) < 4.78 is 5.12. The number of aliphatic carboxylic acids is 1. The molecule has 5 heteroatoms. The molecule has 1 aromatic rings. The van der Waals surface area contributed by atoms with E-state index < -0.39 is 12.1 Å². The highest BCUT2D eigenvalue weighted by Gasteiger charge is 2.12. The number of hydrogen-bond acceptors (Lipinski definition) is 3. The zero-order chi connectivity index (χ0) is 12.1. The predicted molar refractivity (Wildman–Crippen MR) is 62.3 cm³/mol. The van der Waals surface area contributed by atoms with Crippen molar-refractivity contribution in [3.8, 4) is 5.75 Å². The van der Waals surface area contributed by atoms with Gasteiger partial charge in [-0.05, 0) is 31.2 Å². The number of rotatable bonds is 5. The van der Waals surface area contributed by atoms with E-state index in [-0.39, 0.29) is 11.1 Å². The third-order valence-electron chi connectivity index (χ3n) is 1.96. The van der Waals surface area contributed by atoms with Crippen molar-refractivity contribution >= 4 is 27.7 Å². The van der Waals surface area contributed by atoms with Gasteiger partial charge in [-0.25, -0.2) is 4.79 Å². The quantitative estimate of drug-likeness (QED) is 0.665. The zero-order valence-electron chi connectivity index (χ0n) is 8.64. The Bertz CT molecular complexity index is 385. The van der Waals surface area contributed by atoms with E-state index in [4.69, 9.17) is 9.84 Å². The predicted octanol–water partition coefficient (Wildman–Crippen LogP) is 2.12. The number of alkyl halides is 1. The molecule has 0 amide bonds. The summed E-state index contributed by atoms with van der Waals surface area (Å²) in [7, 11) is 0. The second kappa shape index (κ2) is 5.65. The summed E-state index contributed by atoms with van der Waals surface area (Å²) >= 11 is 3.07. The molecule has 0 bridgehead atoms. The Labute approximate surface area is 101 Å². The Hall–Kier alpha value is -1.36. The van der Waals surface area contributed by atoms with Gasteiger partial charge >= 0.3 is 5.97 Å². The topological polar surface area (TPSA) is 63.6 Å². The smallest absolute Gasteiger partial charge is 0.344 e. The van der Waals surface area contributed by atoms with Crippen molar-refractivity contribution in [3.05, 3.63) is 29.8 Å². The van der Waals surface area contributed by atoms with Crippen LogP contribution in [0.4, 0.5) is 0 Å². The van der Waals surface area contributed by atoms with Crippen LogP contribution in [-0.4, -0.2) is 28.3 Å². The van der Waals surface area contributed by atoms with Crippen LogP contribution in [0.1, 0.15) is 17.3 Å². The number of carboxylic acids is 1. The first-order valence-corrected chi connectivity index (χ1v) is 5.75. The van der Waals surface area contributed by atoms with Crippen LogP contribution in [0, 0.1) is 0 Å². The molecule has 16 heavy (non-hydrogen) atoms. The first-order valence-electron chi connectivity index (χ1n) is 4.63. The number of hydrogen-bond donors (Lipinski definition) is 1. The lowest BCUT2D eigenvalue weighted by Crippen LogP contribution is -2.22. The van der Waals surface area contributed by atoms with Crippen LogP contribution in [0.2, 0.25) is 0 Å². The number of halogens is 1. The molecule has 0 spiro atoms. The lowest BCUT2D eigenvalue weighted by molar-refractivity contribution is -0.144. The third kappa shape index (κ3) is 3.34. The van der Waals surface area contributed by atoms with Gasteiger partial charge in [0.15, 0.2) is 11.9 Å². The molecular weight excluding hydrogens is 276 g/mol. The molecule has 1 unspecified atom stereocenters. The van der Waals surface area contributed by atoms with Gasteiger partial charge in [-0.15, -0.1) is 0 Å². The number of carbonyl (C=O) groups excluding carboxylic acids is 1. The Morgan fingerprint density at radius 2 is 1.94 bits per heavy atom. The molecule has 1 atom stereocenters. The van der Waals surface area contributed by atoms with Gasteiger partial charge in [-0.3, -0.25) is 4.79 Å². The van der Waals surface area contributed by atoms with Crippen molar-refractivity contribution in [1.82, 2.24) is 0 Å². The third-order valence-corrected chi connectivity index (χ3v) is 2.47. The molecule has 0 aromatic heterocycles. The second-order valence-corrected chi connectivity index (χ2v) is 3.74. The summed E-state index contributed by atoms with van der Waals surface area (Å²) in [5, 5.41) is 8.90. The summed E-state index contributed by atoms with van der Waals surface area (Å²) in [6.45, 7) is 1.44. The largest absolute Gasteiger partial charge is 0.479 e. The number of Topliss-reactive ketones (excluding diaryl/α,β-unsaturated/α-hetero) is 1. The summed E-state index contributed by atoms with van der Waals surface area (Å²) in [6, 6.07) is 6.37. The van der Waals surface area contributed by atoms with Crippen LogP contribution < -0.4 is 4.74 Å². The fourth-order valence-electron chi connectivity index (χ4n) is 1.05. The molecule has 0 fully saturated rings. The van der Waals surface area contributed by atoms with Crippen LogP contribution in [0.3, 0.4) is 0 Å². The van der Waals surface area contributed by atoms with Crippen LogP contribution in [-0.2, 0) is 4.79 Å². The van der Waals surface area contributed by atoms with Gasteiger partial charge in [0.1, 0.15) is 5.75 Å². The van der Waals surface area contributed by atoms with Gasteiger partial charge < -0.3 is 9.84 Å². The minimum Gasteiger partial charge on any atom is -0.479 e. The minimum atomic E-state index is -1.03. The van der Waals surface area contributed by atoms with E-state index in [1.54, 1.807) is 24.3 Å². The fourth-order valence-corrected chi connectivity index (χ4v) is 1.37. The molecule has 0 saturated carbocycles. The van der Waals surface area contributed by atoms with Crippen molar-refractivity contribution in [2.45, 2.75) is 13.0 Å². The molecule has 0 aliphatic carbocycles. The van der Waals surface area contributed by atoms with Crippen LogP contribution in [0.5, 0.6) is 5.75 Å². The second-order valence-electron chi connectivity index (χ2n) is 3.18. The number of ether oxygens (including phenoxy) is 1. The molecule has 0 radical (unpaired) electrons. The lowest BCUT2D eigenvalue weighted by Gasteiger charge is -2.10. The zero-order valence-corrected chi connectivity index (χ0v) is 10.2. The molecule has 0 aliphatic rings. The number of carboxylic acid groups (broad SMARTS) is 1. The highest BCUT2D eigenvalue weighted by Crippen LogP contribution is 2.14. The van der Waals surface area contributed by atoms with E-state index in [2.05, 4.69) is 15.9 Å². The van der Waals surface area contributed by atoms with Crippen molar-refractivity contribution in [2.75, 3.05) is 5.33 Å². The Kier molecular flexibility index (Phi) is 4.49. The van der Waals surface area contributed by atoms with E-state index in [1.165, 1.54) is 6.92 Å². The van der Waals surface area contributed by atoms with Crippen LogP contribution in [0.25, 0.3) is 0 Å². The highest BCUT2D eigenvalue weighted by molar-refractivity contribution is 9.09.